The first kappa shape index (κ1) is 13.1. The second kappa shape index (κ2) is 5.57. The van der Waals surface area contributed by atoms with E-state index in [2.05, 4.69) is 4.99 Å². The molecule has 3 N–H and O–H groups in total. The Morgan fingerprint density at radius 2 is 1.84 bits per heavy atom. The molecule has 2 aromatic carbocycles. The van der Waals surface area contributed by atoms with Crippen LogP contribution in [0.4, 0.5) is 11.4 Å². The van der Waals surface area contributed by atoms with Crippen molar-refractivity contribution in [1.82, 2.24) is 0 Å². The van der Waals surface area contributed by atoms with Gasteiger partial charge in [-0.1, -0.05) is 38.1 Å². The minimum atomic E-state index is 0.273. The number of aliphatic imine (C=N–C) groups is 1. The number of phenols is 1. The normalized spacial score (nSPS) is 11.3. The number of anilines is 1. The largest absolute Gasteiger partial charge is 0.507 e. The average molecular weight is 254 g/mol. The first-order valence-electron chi connectivity index (χ1n) is 6.30. The van der Waals surface area contributed by atoms with Gasteiger partial charge in [-0.3, -0.25) is 4.99 Å². The second-order valence-electron chi connectivity index (χ2n) is 4.76. The standard InChI is InChI=1S/C16H18N2O/c1-11(2)13-7-5-6-12(16(13)19)10-18-15-9-4-3-8-14(15)17/h3-11,19H,17H2,1-2H3. The molecule has 0 saturated carbocycles. The highest BCUT2D eigenvalue weighted by atomic mass is 16.3. The molecule has 19 heavy (non-hydrogen) atoms. The van der Waals surface area contributed by atoms with Crippen molar-refractivity contribution in [1.29, 1.82) is 0 Å². The van der Waals surface area contributed by atoms with Crippen molar-refractivity contribution in [3.63, 3.8) is 0 Å². The van der Waals surface area contributed by atoms with Gasteiger partial charge in [0.05, 0.1) is 11.4 Å². The average Bonchev–Trinajstić information content (AvgIpc) is 2.39. The molecule has 0 aliphatic heterocycles. The summed E-state index contributed by atoms with van der Waals surface area (Å²) in [6.07, 6.45) is 1.65. The molecule has 0 aliphatic carbocycles. The quantitative estimate of drug-likeness (QED) is 0.645. The molecule has 0 aliphatic rings. The Kier molecular flexibility index (Phi) is 3.85. The Bertz CT molecular complexity index is 603. The molecule has 0 heterocycles. The van der Waals surface area contributed by atoms with Gasteiger partial charge in [-0.2, -0.15) is 0 Å². The number of phenolic OH excluding ortho intramolecular Hbond substituents is 1. The summed E-state index contributed by atoms with van der Waals surface area (Å²) >= 11 is 0. The van der Waals surface area contributed by atoms with Crippen LogP contribution in [0.2, 0.25) is 0 Å². The van der Waals surface area contributed by atoms with Crippen molar-refractivity contribution in [2.24, 2.45) is 4.99 Å². The SMILES string of the molecule is CC(C)c1cccc(C=Nc2ccccc2N)c1O. The summed E-state index contributed by atoms with van der Waals surface area (Å²) in [5.74, 6) is 0.561. The van der Waals surface area contributed by atoms with Crippen LogP contribution < -0.4 is 5.73 Å². The molecule has 0 fully saturated rings. The van der Waals surface area contributed by atoms with E-state index in [0.717, 1.165) is 5.56 Å². The zero-order chi connectivity index (χ0) is 13.8. The fourth-order valence-corrected chi connectivity index (χ4v) is 1.89. The summed E-state index contributed by atoms with van der Waals surface area (Å²) in [7, 11) is 0. The van der Waals surface area contributed by atoms with E-state index < -0.39 is 0 Å². The van der Waals surface area contributed by atoms with Crippen LogP contribution in [0.25, 0.3) is 0 Å². The van der Waals surface area contributed by atoms with Crippen molar-refractivity contribution >= 4 is 17.6 Å². The Labute approximate surface area is 113 Å². The van der Waals surface area contributed by atoms with Crippen molar-refractivity contribution < 1.29 is 5.11 Å². The summed E-state index contributed by atoms with van der Waals surface area (Å²) in [4.78, 5) is 4.33. The smallest absolute Gasteiger partial charge is 0.127 e. The summed E-state index contributed by atoms with van der Waals surface area (Å²) in [6, 6.07) is 13.1. The molecule has 0 aromatic heterocycles. The lowest BCUT2D eigenvalue weighted by molar-refractivity contribution is 0.464. The van der Waals surface area contributed by atoms with Crippen LogP contribution in [0.5, 0.6) is 5.75 Å². The van der Waals surface area contributed by atoms with E-state index in [1.165, 1.54) is 0 Å². The summed E-state index contributed by atoms with van der Waals surface area (Å²) in [5.41, 5.74) is 8.78. The van der Waals surface area contributed by atoms with Crippen LogP contribution in [0.1, 0.15) is 30.9 Å². The number of benzene rings is 2. The number of hydrogen-bond acceptors (Lipinski definition) is 3. The number of rotatable bonds is 3. The van der Waals surface area contributed by atoms with E-state index >= 15 is 0 Å². The fraction of sp³-hybridized carbons (Fsp3) is 0.188. The third-order valence-corrected chi connectivity index (χ3v) is 3.00. The molecule has 3 heteroatoms. The molecule has 0 amide bonds. The van der Waals surface area contributed by atoms with Gasteiger partial charge >= 0.3 is 0 Å². The van der Waals surface area contributed by atoms with Gasteiger partial charge in [0, 0.05) is 11.8 Å². The van der Waals surface area contributed by atoms with Crippen LogP contribution >= 0.6 is 0 Å². The van der Waals surface area contributed by atoms with Crippen LogP contribution in [0.15, 0.2) is 47.5 Å². The lowest BCUT2D eigenvalue weighted by Gasteiger charge is -2.09. The maximum Gasteiger partial charge on any atom is 0.127 e. The highest BCUT2D eigenvalue weighted by molar-refractivity contribution is 5.87. The number of nitrogens with zero attached hydrogens (tertiary/aromatic N) is 1. The number of nitrogens with two attached hydrogens (primary N) is 1. The van der Waals surface area contributed by atoms with Gasteiger partial charge in [0.1, 0.15) is 5.75 Å². The predicted molar refractivity (Wildman–Crippen MR) is 80.3 cm³/mol. The van der Waals surface area contributed by atoms with Crippen LogP contribution in [0.3, 0.4) is 0 Å². The van der Waals surface area contributed by atoms with Gasteiger partial charge in [0.15, 0.2) is 0 Å². The minimum Gasteiger partial charge on any atom is -0.507 e. The van der Waals surface area contributed by atoms with Gasteiger partial charge in [-0.05, 0) is 29.7 Å². The molecular formula is C16H18N2O. The predicted octanol–water partition coefficient (Wildman–Crippen LogP) is 3.85. The van der Waals surface area contributed by atoms with E-state index in [-0.39, 0.29) is 11.7 Å². The maximum atomic E-state index is 10.2. The molecule has 2 rings (SSSR count). The fourth-order valence-electron chi connectivity index (χ4n) is 1.89. The molecule has 3 nitrogen and oxygen atoms in total. The number of aromatic hydroxyl groups is 1. The first-order chi connectivity index (χ1) is 9.09. The Balaban J connectivity index is 2.34. The second-order valence-corrected chi connectivity index (χ2v) is 4.76. The third-order valence-electron chi connectivity index (χ3n) is 3.00. The van der Waals surface area contributed by atoms with Crippen molar-refractivity contribution in [3.05, 3.63) is 53.6 Å². The Morgan fingerprint density at radius 1 is 1.11 bits per heavy atom. The minimum absolute atomic E-state index is 0.273. The van der Waals surface area contributed by atoms with E-state index in [1.54, 1.807) is 12.3 Å². The van der Waals surface area contributed by atoms with E-state index in [9.17, 15) is 5.11 Å². The third kappa shape index (κ3) is 2.94. The first-order valence-corrected chi connectivity index (χ1v) is 6.30. The Hall–Kier alpha value is -2.29. The topological polar surface area (TPSA) is 58.6 Å². The zero-order valence-electron chi connectivity index (χ0n) is 11.2. The summed E-state index contributed by atoms with van der Waals surface area (Å²) in [5, 5.41) is 10.2. The Morgan fingerprint density at radius 3 is 2.53 bits per heavy atom. The van der Waals surface area contributed by atoms with Crippen LogP contribution in [-0.2, 0) is 0 Å². The zero-order valence-corrected chi connectivity index (χ0v) is 11.2. The van der Waals surface area contributed by atoms with Gasteiger partial charge in [0.25, 0.3) is 0 Å². The summed E-state index contributed by atoms with van der Waals surface area (Å²) in [6.45, 7) is 4.09. The van der Waals surface area contributed by atoms with E-state index in [0.29, 0.717) is 16.9 Å². The van der Waals surface area contributed by atoms with Gasteiger partial charge in [0.2, 0.25) is 0 Å². The molecular weight excluding hydrogens is 236 g/mol. The molecule has 0 spiro atoms. The van der Waals surface area contributed by atoms with Crippen molar-refractivity contribution in [3.8, 4) is 5.75 Å². The van der Waals surface area contributed by atoms with Gasteiger partial charge in [-0.25, -0.2) is 0 Å². The lowest BCUT2D eigenvalue weighted by Crippen LogP contribution is -1.92. The highest BCUT2D eigenvalue weighted by Gasteiger charge is 2.08. The molecule has 2 aromatic rings. The monoisotopic (exact) mass is 254 g/mol. The molecule has 98 valence electrons. The van der Waals surface area contributed by atoms with E-state index in [4.69, 9.17) is 5.73 Å². The highest BCUT2D eigenvalue weighted by Crippen LogP contribution is 2.28. The lowest BCUT2D eigenvalue weighted by atomic mass is 9.99. The molecule has 0 saturated heterocycles. The van der Waals surface area contributed by atoms with Crippen molar-refractivity contribution in [2.75, 3.05) is 5.73 Å². The number of nitrogen functional groups attached to an aromatic ring is 1. The van der Waals surface area contributed by atoms with E-state index in [1.807, 2.05) is 50.2 Å². The van der Waals surface area contributed by atoms with Crippen LogP contribution in [-0.4, -0.2) is 11.3 Å². The van der Waals surface area contributed by atoms with Crippen molar-refractivity contribution in [2.45, 2.75) is 19.8 Å². The molecule has 0 unspecified atom stereocenters. The maximum absolute atomic E-state index is 10.2. The summed E-state index contributed by atoms with van der Waals surface area (Å²) < 4.78 is 0. The number of para-hydroxylation sites is 3. The molecule has 0 atom stereocenters. The van der Waals surface area contributed by atoms with Gasteiger partial charge < -0.3 is 10.8 Å². The van der Waals surface area contributed by atoms with Gasteiger partial charge in [-0.15, -0.1) is 0 Å². The van der Waals surface area contributed by atoms with Crippen LogP contribution in [0, 0.1) is 0 Å². The molecule has 0 radical (unpaired) electrons. The molecule has 0 bridgehead atoms. The number of hydrogen-bond donors (Lipinski definition) is 2.